The van der Waals surface area contributed by atoms with Crippen molar-refractivity contribution in [3.05, 3.63) is 35.4 Å². The lowest BCUT2D eigenvalue weighted by Gasteiger charge is -2.25. The molecular formula is C13H21NO. The molecule has 0 aromatic heterocycles. The monoisotopic (exact) mass is 207 g/mol. The van der Waals surface area contributed by atoms with Crippen LogP contribution in [0.3, 0.4) is 0 Å². The van der Waals surface area contributed by atoms with Gasteiger partial charge in [-0.1, -0.05) is 43.7 Å². The van der Waals surface area contributed by atoms with Crippen LogP contribution < -0.4 is 5.73 Å². The van der Waals surface area contributed by atoms with E-state index in [0.29, 0.717) is 12.5 Å². The fraction of sp³-hybridized carbons (Fsp3) is 0.538. The lowest BCUT2D eigenvalue weighted by atomic mass is 9.86. The van der Waals surface area contributed by atoms with Crippen LogP contribution in [0, 0.1) is 18.8 Å². The molecule has 0 bridgehead atoms. The van der Waals surface area contributed by atoms with Gasteiger partial charge in [0.15, 0.2) is 0 Å². The zero-order valence-corrected chi connectivity index (χ0v) is 9.77. The minimum atomic E-state index is -0.449. The van der Waals surface area contributed by atoms with Crippen molar-refractivity contribution >= 4 is 0 Å². The number of hydrogen-bond acceptors (Lipinski definition) is 2. The molecule has 0 spiro atoms. The predicted octanol–water partition coefficient (Wildman–Crippen LogP) is 2.26. The second kappa shape index (κ2) is 5.29. The molecule has 0 aliphatic rings. The normalized spacial score (nSPS) is 15.3. The number of aliphatic hydroxyl groups excluding tert-OH is 1. The first-order chi connectivity index (χ1) is 7.06. The first-order valence-corrected chi connectivity index (χ1v) is 5.51. The zero-order valence-electron chi connectivity index (χ0n) is 9.77. The van der Waals surface area contributed by atoms with Crippen molar-refractivity contribution in [1.82, 2.24) is 0 Å². The number of aryl methyl sites for hydroxylation is 1. The Kier molecular flexibility index (Phi) is 4.30. The second-order valence-corrected chi connectivity index (χ2v) is 4.50. The molecule has 15 heavy (non-hydrogen) atoms. The van der Waals surface area contributed by atoms with E-state index in [1.54, 1.807) is 0 Å². The van der Waals surface area contributed by atoms with E-state index < -0.39 is 6.10 Å². The minimum absolute atomic E-state index is 0.132. The van der Waals surface area contributed by atoms with Gasteiger partial charge in [-0.25, -0.2) is 0 Å². The average molecular weight is 207 g/mol. The van der Waals surface area contributed by atoms with Gasteiger partial charge in [-0.2, -0.15) is 0 Å². The van der Waals surface area contributed by atoms with Gasteiger partial charge in [-0.3, -0.25) is 0 Å². The van der Waals surface area contributed by atoms with E-state index in [1.165, 1.54) is 5.56 Å². The van der Waals surface area contributed by atoms with Gasteiger partial charge in [0.1, 0.15) is 0 Å². The molecule has 1 aromatic carbocycles. The van der Waals surface area contributed by atoms with Crippen LogP contribution in [0.5, 0.6) is 0 Å². The number of nitrogens with two attached hydrogens (primary N) is 1. The van der Waals surface area contributed by atoms with Crippen LogP contribution in [0.25, 0.3) is 0 Å². The standard InChI is InChI=1S/C13H21NO/c1-9(2)12(8-14)13(15)11-6-4-10(3)5-7-11/h4-7,9,12-13,15H,8,14H2,1-3H3. The SMILES string of the molecule is Cc1ccc(C(O)C(CN)C(C)C)cc1. The van der Waals surface area contributed by atoms with Crippen LogP contribution in [-0.4, -0.2) is 11.7 Å². The summed E-state index contributed by atoms with van der Waals surface area (Å²) in [5.41, 5.74) is 7.85. The fourth-order valence-electron chi connectivity index (χ4n) is 1.78. The van der Waals surface area contributed by atoms with Crippen LogP contribution in [-0.2, 0) is 0 Å². The molecule has 0 fully saturated rings. The van der Waals surface area contributed by atoms with Crippen molar-refractivity contribution < 1.29 is 5.11 Å². The van der Waals surface area contributed by atoms with Crippen molar-refractivity contribution in [1.29, 1.82) is 0 Å². The third-order valence-corrected chi connectivity index (χ3v) is 2.95. The molecule has 0 saturated heterocycles. The first kappa shape index (κ1) is 12.2. The third kappa shape index (κ3) is 3.05. The Balaban J connectivity index is 2.82. The summed E-state index contributed by atoms with van der Waals surface area (Å²) in [5.74, 6) is 0.527. The van der Waals surface area contributed by atoms with Gasteiger partial charge >= 0.3 is 0 Å². The Hall–Kier alpha value is -0.860. The number of rotatable bonds is 4. The van der Waals surface area contributed by atoms with E-state index >= 15 is 0 Å². The summed E-state index contributed by atoms with van der Waals surface area (Å²) >= 11 is 0. The number of hydrogen-bond donors (Lipinski definition) is 2. The molecule has 0 amide bonds. The van der Waals surface area contributed by atoms with Gasteiger partial charge in [0.05, 0.1) is 6.10 Å². The fourth-order valence-corrected chi connectivity index (χ4v) is 1.78. The summed E-state index contributed by atoms with van der Waals surface area (Å²) in [7, 11) is 0. The molecule has 3 N–H and O–H groups in total. The summed E-state index contributed by atoms with van der Waals surface area (Å²) in [6.07, 6.45) is -0.449. The van der Waals surface area contributed by atoms with E-state index in [4.69, 9.17) is 5.73 Å². The lowest BCUT2D eigenvalue weighted by Crippen LogP contribution is -2.26. The summed E-state index contributed by atoms with van der Waals surface area (Å²) < 4.78 is 0. The molecule has 1 aromatic rings. The van der Waals surface area contributed by atoms with Gasteiger partial charge in [0, 0.05) is 5.92 Å². The Bertz CT molecular complexity index is 292. The summed E-state index contributed by atoms with van der Waals surface area (Å²) in [5, 5.41) is 10.2. The highest BCUT2D eigenvalue weighted by molar-refractivity contribution is 5.23. The van der Waals surface area contributed by atoms with Gasteiger partial charge < -0.3 is 10.8 Å². The van der Waals surface area contributed by atoms with Gasteiger partial charge in [-0.15, -0.1) is 0 Å². The summed E-state index contributed by atoms with van der Waals surface area (Å²) in [6.45, 7) is 6.75. The number of benzene rings is 1. The van der Waals surface area contributed by atoms with Gasteiger partial charge in [0.25, 0.3) is 0 Å². The molecular weight excluding hydrogens is 186 g/mol. The third-order valence-electron chi connectivity index (χ3n) is 2.95. The summed E-state index contributed by atoms with van der Waals surface area (Å²) in [4.78, 5) is 0. The molecule has 2 nitrogen and oxygen atoms in total. The second-order valence-electron chi connectivity index (χ2n) is 4.50. The van der Waals surface area contributed by atoms with Crippen LogP contribution in [0.1, 0.15) is 31.1 Å². The first-order valence-electron chi connectivity index (χ1n) is 5.51. The van der Waals surface area contributed by atoms with E-state index in [-0.39, 0.29) is 5.92 Å². The van der Waals surface area contributed by atoms with E-state index in [0.717, 1.165) is 5.56 Å². The van der Waals surface area contributed by atoms with Crippen molar-refractivity contribution in [3.63, 3.8) is 0 Å². The van der Waals surface area contributed by atoms with Crippen molar-refractivity contribution in [2.75, 3.05) is 6.54 Å². The Morgan fingerprint density at radius 2 is 1.73 bits per heavy atom. The molecule has 2 unspecified atom stereocenters. The van der Waals surface area contributed by atoms with E-state index in [1.807, 2.05) is 31.2 Å². The average Bonchev–Trinajstić information content (AvgIpc) is 2.19. The van der Waals surface area contributed by atoms with Crippen LogP contribution >= 0.6 is 0 Å². The maximum absolute atomic E-state index is 10.2. The lowest BCUT2D eigenvalue weighted by molar-refractivity contribution is 0.0861. The zero-order chi connectivity index (χ0) is 11.4. The molecule has 0 aliphatic carbocycles. The number of aliphatic hydroxyl groups is 1. The molecule has 1 rings (SSSR count). The van der Waals surface area contributed by atoms with Gasteiger partial charge in [0.2, 0.25) is 0 Å². The summed E-state index contributed by atoms with van der Waals surface area (Å²) in [6, 6.07) is 8.00. The molecule has 0 aliphatic heterocycles. The topological polar surface area (TPSA) is 46.2 Å². The van der Waals surface area contributed by atoms with E-state index in [2.05, 4.69) is 13.8 Å². The van der Waals surface area contributed by atoms with Gasteiger partial charge in [-0.05, 0) is 24.9 Å². The predicted molar refractivity (Wildman–Crippen MR) is 63.5 cm³/mol. The maximum Gasteiger partial charge on any atom is 0.0832 e. The molecule has 0 radical (unpaired) electrons. The van der Waals surface area contributed by atoms with E-state index in [9.17, 15) is 5.11 Å². The smallest absolute Gasteiger partial charge is 0.0832 e. The van der Waals surface area contributed by atoms with Crippen molar-refractivity contribution in [2.45, 2.75) is 26.9 Å². The largest absolute Gasteiger partial charge is 0.388 e. The molecule has 2 heteroatoms. The van der Waals surface area contributed by atoms with Crippen molar-refractivity contribution in [2.24, 2.45) is 17.6 Å². The Morgan fingerprint density at radius 1 is 1.20 bits per heavy atom. The molecule has 0 heterocycles. The highest BCUT2D eigenvalue weighted by Crippen LogP contribution is 2.27. The van der Waals surface area contributed by atoms with Crippen LogP contribution in [0.2, 0.25) is 0 Å². The van der Waals surface area contributed by atoms with Crippen LogP contribution in [0.15, 0.2) is 24.3 Å². The highest BCUT2D eigenvalue weighted by Gasteiger charge is 2.22. The molecule has 84 valence electrons. The quantitative estimate of drug-likeness (QED) is 0.795. The minimum Gasteiger partial charge on any atom is -0.388 e. The Labute approximate surface area is 92.1 Å². The molecule has 0 saturated carbocycles. The molecule has 2 atom stereocenters. The van der Waals surface area contributed by atoms with Crippen LogP contribution in [0.4, 0.5) is 0 Å². The Morgan fingerprint density at radius 3 is 2.13 bits per heavy atom. The van der Waals surface area contributed by atoms with Crippen molar-refractivity contribution in [3.8, 4) is 0 Å². The maximum atomic E-state index is 10.2. The highest BCUT2D eigenvalue weighted by atomic mass is 16.3.